The first kappa shape index (κ1) is 21.3. The van der Waals surface area contributed by atoms with Crippen LogP contribution in [0.25, 0.3) is 0 Å². The molecule has 0 saturated carbocycles. The summed E-state index contributed by atoms with van der Waals surface area (Å²) in [6, 6.07) is 9.07. The van der Waals surface area contributed by atoms with Crippen molar-refractivity contribution in [2.45, 2.75) is 33.8 Å². The highest BCUT2D eigenvalue weighted by Crippen LogP contribution is 2.37. The second-order valence-electron chi connectivity index (χ2n) is 7.39. The molecule has 0 atom stereocenters. The molecule has 6 nitrogen and oxygen atoms in total. The van der Waals surface area contributed by atoms with Crippen molar-refractivity contribution < 1.29 is 19.1 Å². The summed E-state index contributed by atoms with van der Waals surface area (Å²) in [5.41, 5.74) is 4.55. The van der Waals surface area contributed by atoms with Gasteiger partial charge in [0.1, 0.15) is 12.4 Å². The number of halogens is 1. The van der Waals surface area contributed by atoms with E-state index in [2.05, 4.69) is 4.98 Å². The van der Waals surface area contributed by atoms with Gasteiger partial charge in [0.2, 0.25) is 5.91 Å². The Morgan fingerprint density at radius 1 is 1.26 bits per heavy atom. The summed E-state index contributed by atoms with van der Waals surface area (Å²) in [6.07, 6.45) is 0.785. The van der Waals surface area contributed by atoms with Crippen LogP contribution in [-0.2, 0) is 22.6 Å². The van der Waals surface area contributed by atoms with Crippen LogP contribution in [0.1, 0.15) is 39.7 Å². The SMILES string of the molecule is CC(=O)N(c1nc(COC(=O)c2ccc3c(c2)CCO3)cs1)c1c(C)cc(C)cc1Cl. The Hall–Kier alpha value is -2.90. The van der Waals surface area contributed by atoms with Crippen molar-refractivity contribution in [1.82, 2.24) is 4.98 Å². The van der Waals surface area contributed by atoms with Gasteiger partial charge in [-0.2, -0.15) is 0 Å². The van der Waals surface area contributed by atoms with Crippen molar-refractivity contribution >= 4 is 45.6 Å². The van der Waals surface area contributed by atoms with E-state index in [1.165, 1.54) is 23.2 Å². The van der Waals surface area contributed by atoms with Crippen LogP contribution in [-0.4, -0.2) is 23.5 Å². The van der Waals surface area contributed by atoms with Gasteiger partial charge in [-0.3, -0.25) is 9.69 Å². The first-order chi connectivity index (χ1) is 14.8. The molecular weight excluding hydrogens is 436 g/mol. The number of ether oxygens (including phenoxy) is 2. The maximum absolute atomic E-state index is 12.4. The number of hydrogen-bond donors (Lipinski definition) is 0. The first-order valence-corrected chi connectivity index (χ1v) is 11.0. The van der Waals surface area contributed by atoms with Crippen molar-refractivity contribution in [3.8, 4) is 5.75 Å². The quantitative estimate of drug-likeness (QED) is 0.481. The highest BCUT2D eigenvalue weighted by Gasteiger charge is 2.23. The Morgan fingerprint density at radius 3 is 2.81 bits per heavy atom. The topological polar surface area (TPSA) is 68.7 Å². The van der Waals surface area contributed by atoms with E-state index in [0.29, 0.717) is 33.7 Å². The monoisotopic (exact) mass is 456 g/mol. The molecule has 1 amide bonds. The standard InChI is InChI=1S/C23H21ClN2O4S/c1-13-8-14(2)21(19(24)9-13)26(15(3)27)23-25-18(12-31-23)11-30-22(28)17-4-5-20-16(10-17)6-7-29-20/h4-5,8-10,12H,6-7,11H2,1-3H3. The van der Waals surface area contributed by atoms with E-state index in [0.717, 1.165) is 28.9 Å². The third kappa shape index (κ3) is 4.43. The molecule has 1 aromatic heterocycles. The fraction of sp³-hybridized carbons (Fsp3) is 0.261. The summed E-state index contributed by atoms with van der Waals surface area (Å²) in [4.78, 5) is 30.9. The van der Waals surface area contributed by atoms with Crippen LogP contribution in [0.2, 0.25) is 5.02 Å². The maximum Gasteiger partial charge on any atom is 0.338 e. The van der Waals surface area contributed by atoms with Crippen molar-refractivity contribution in [3.05, 3.63) is 68.7 Å². The Balaban J connectivity index is 1.50. The van der Waals surface area contributed by atoms with Gasteiger partial charge in [-0.1, -0.05) is 17.7 Å². The Morgan fingerprint density at radius 2 is 2.06 bits per heavy atom. The molecule has 4 rings (SSSR count). The van der Waals surface area contributed by atoms with Crippen LogP contribution < -0.4 is 9.64 Å². The van der Waals surface area contributed by atoms with Gasteiger partial charge in [-0.25, -0.2) is 9.78 Å². The van der Waals surface area contributed by atoms with Crippen molar-refractivity contribution in [1.29, 1.82) is 0 Å². The highest BCUT2D eigenvalue weighted by molar-refractivity contribution is 7.14. The van der Waals surface area contributed by atoms with E-state index in [1.807, 2.05) is 26.0 Å². The van der Waals surface area contributed by atoms with Crippen LogP contribution in [0.3, 0.4) is 0 Å². The van der Waals surface area contributed by atoms with Crippen LogP contribution in [0.4, 0.5) is 10.8 Å². The summed E-state index contributed by atoms with van der Waals surface area (Å²) in [6.45, 7) is 5.96. The molecule has 0 saturated heterocycles. The third-order valence-electron chi connectivity index (χ3n) is 4.94. The average Bonchev–Trinajstić information content (AvgIpc) is 3.37. The molecule has 1 aliphatic rings. The number of esters is 1. The molecule has 31 heavy (non-hydrogen) atoms. The van der Waals surface area contributed by atoms with Gasteiger partial charge in [-0.15, -0.1) is 11.3 Å². The molecule has 0 unspecified atom stereocenters. The number of carbonyl (C=O) groups excluding carboxylic acids is 2. The van der Waals surface area contributed by atoms with Crippen molar-refractivity contribution in [2.24, 2.45) is 0 Å². The molecule has 0 bridgehead atoms. The second-order valence-corrected chi connectivity index (χ2v) is 8.63. The largest absolute Gasteiger partial charge is 0.493 e. The number of rotatable bonds is 5. The van der Waals surface area contributed by atoms with E-state index < -0.39 is 5.97 Å². The lowest BCUT2D eigenvalue weighted by Crippen LogP contribution is -2.24. The summed E-state index contributed by atoms with van der Waals surface area (Å²) >= 11 is 7.74. The van der Waals surface area contributed by atoms with E-state index in [9.17, 15) is 9.59 Å². The predicted molar refractivity (Wildman–Crippen MR) is 121 cm³/mol. The van der Waals surface area contributed by atoms with Crippen molar-refractivity contribution in [3.63, 3.8) is 0 Å². The van der Waals surface area contributed by atoms with Gasteiger partial charge >= 0.3 is 5.97 Å². The van der Waals surface area contributed by atoms with Crippen LogP contribution in [0, 0.1) is 13.8 Å². The number of benzene rings is 2. The molecule has 3 aromatic rings. The van der Waals surface area contributed by atoms with Gasteiger partial charge in [-0.05, 0) is 54.8 Å². The van der Waals surface area contributed by atoms with Crippen LogP contribution >= 0.6 is 22.9 Å². The second kappa shape index (κ2) is 8.69. The molecule has 0 spiro atoms. The van der Waals surface area contributed by atoms with E-state index >= 15 is 0 Å². The third-order valence-corrected chi connectivity index (χ3v) is 6.11. The van der Waals surface area contributed by atoms with Gasteiger partial charge in [0, 0.05) is 18.7 Å². The number of nitrogens with zero attached hydrogens (tertiary/aromatic N) is 2. The zero-order chi connectivity index (χ0) is 22.1. The van der Waals surface area contributed by atoms with E-state index in [-0.39, 0.29) is 12.5 Å². The molecule has 8 heteroatoms. The number of carbonyl (C=O) groups is 2. The lowest BCUT2D eigenvalue weighted by molar-refractivity contribution is -0.115. The molecule has 2 aromatic carbocycles. The highest BCUT2D eigenvalue weighted by atomic mass is 35.5. The van der Waals surface area contributed by atoms with Gasteiger partial charge in [0.25, 0.3) is 0 Å². The zero-order valence-electron chi connectivity index (χ0n) is 17.4. The van der Waals surface area contributed by atoms with E-state index in [1.54, 1.807) is 23.6 Å². The molecule has 1 aliphatic heterocycles. The lowest BCUT2D eigenvalue weighted by Gasteiger charge is -2.22. The number of amides is 1. The van der Waals surface area contributed by atoms with Gasteiger partial charge in [0.15, 0.2) is 5.13 Å². The smallest absolute Gasteiger partial charge is 0.338 e. The summed E-state index contributed by atoms with van der Waals surface area (Å²) in [5, 5.41) is 2.73. The number of thiazole rings is 1. The summed E-state index contributed by atoms with van der Waals surface area (Å²) in [5.74, 6) is 0.187. The summed E-state index contributed by atoms with van der Waals surface area (Å²) in [7, 11) is 0. The minimum absolute atomic E-state index is 0.00920. The van der Waals surface area contributed by atoms with Gasteiger partial charge < -0.3 is 9.47 Å². The number of aryl methyl sites for hydroxylation is 2. The zero-order valence-corrected chi connectivity index (χ0v) is 19.0. The molecular formula is C23H21ClN2O4S. The number of fused-ring (bicyclic) bond motifs is 1. The molecule has 0 aliphatic carbocycles. The van der Waals surface area contributed by atoms with E-state index in [4.69, 9.17) is 21.1 Å². The molecule has 0 radical (unpaired) electrons. The number of anilines is 2. The molecule has 0 fully saturated rings. The first-order valence-electron chi connectivity index (χ1n) is 9.78. The minimum atomic E-state index is -0.426. The fourth-order valence-electron chi connectivity index (χ4n) is 3.58. The fourth-order valence-corrected chi connectivity index (χ4v) is 4.84. The maximum atomic E-state index is 12.4. The number of hydrogen-bond acceptors (Lipinski definition) is 6. The lowest BCUT2D eigenvalue weighted by atomic mass is 10.1. The predicted octanol–water partition coefficient (Wildman–Crippen LogP) is 5.39. The van der Waals surface area contributed by atoms with Crippen LogP contribution in [0.5, 0.6) is 5.75 Å². The average molecular weight is 457 g/mol. The molecule has 0 N–H and O–H groups in total. The minimum Gasteiger partial charge on any atom is -0.493 e. The van der Waals surface area contributed by atoms with Gasteiger partial charge in [0.05, 0.1) is 28.6 Å². The normalized spacial score (nSPS) is 12.3. The van der Waals surface area contributed by atoms with Crippen molar-refractivity contribution in [2.75, 3.05) is 11.5 Å². The Bertz CT molecular complexity index is 1150. The Kier molecular flexibility index (Phi) is 5.98. The summed E-state index contributed by atoms with van der Waals surface area (Å²) < 4.78 is 10.9. The number of aromatic nitrogens is 1. The molecule has 160 valence electrons. The molecule has 2 heterocycles. The Labute approximate surface area is 189 Å². The van der Waals surface area contributed by atoms with Crippen LogP contribution in [0.15, 0.2) is 35.7 Å².